The van der Waals surface area contributed by atoms with Crippen LogP contribution in [0.1, 0.15) is 45.2 Å². The van der Waals surface area contributed by atoms with Crippen molar-refractivity contribution in [3.8, 4) is 11.8 Å². The van der Waals surface area contributed by atoms with Crippen molar-refractivity contribution in [1.82, 2.24) is 9.38 Å². The third kappa shape index (κ3) is 4.79. The monoisotopic (exact) mass is 492 g/mol. The summed E-state index contributed by atoms with van der Waals surface area (Å²) < 4.78 is 29.9. The van der Waals surface area contributed by atoms with Crippen molar-refractivity contribution >= 4 is 27.4 Å². The van der Waals surface area contributed by atoms with E-state index in [2.05, 4.69) is 32.8 Å². The van der Waals surface area contributed by atoms with Crippen LogP contribution in [0.15, 0.2) is 71.5 Å². The van der Waals surface area contributed by atoms with Crippen LogP contribution in [0.3, 0.4) is 0 Å². The van der Waals surface area contributed by atoms with E-state index in [-0.39, 0.29) is 17.8 Å². The van der Waals surface area contributed by atoms with E-state index in [1.165, 1.54) is 12.1 Å². The molecule has 2 aromatic heterocycles. The molecule has 0 spiro atoms. The van der Waals surface area contributed by atoms with Gasteiger partial charge in [0.15, 0.2) is 5.78 Å². The SMILES string of the molecule is Cc1ccc(C(=O)Cc2cc(Br)cc(C(C)(F)F)c2)cc1C#Cc1cnc2ccccn12. The Morgan fingerprint density at radius 3 is 2.72 bits per heavy atom. The first kappa shape index (κ1) is 21.9. The van der Waals surface area contributed by atoms with Gasteiger partial charge in [-0.05, 0) is 60.4 Å². The molecule has 0 fully saturated rings. The molecule has 0 unspecified atom stereocenters. The van der Waals surface area contributed by atoms with E-state index in [1.807, 2.05) is 41.8 Å². The molecule has 2 aromatic carbocycles. The lowest BCUT2D eigenvalue weighted by molar-refractivity contribution is 0.0173. The number of ketones is 1. The van der Waals surface area contributed by atoms with Crippen molar-refractivity contribution in [3.05, 3.63) is 105 Å². The van der Waals surface area contributed by atoms with Crippen LogP contribution >= 0.6 is 15.9 Å². The first-order valence-corrected chi connectivity index (χ1v) is 10.8. The average Bonchev–Trinajstić information content (AvgIpc) is 3.15. The third-order valence-electron chi connectivity index (χ3n) is 5.13. The molecule has 0 bridgehead atoms. The van der Waals surface area contributed by atoms with Gasteiger partial charge < -0.3 is 0 Å². The summed E-state index contributed by atoms with van der Waals surface area (Å²) in [6.07, 6.45) is 3.62. The van der Waals surface area contributed by atoms with Crippen LogP contribution in [-0.4, -0.2) is 15.2 Å². The zero-order valence-electron chi connectivity index (χ0n) is 17.5. The molecule has 0 saturated heterocycles. The Morgan fingerprint density at radius 1 is 1.12 bits per heavy atom. The number of carbonyl (C=O) groups is 1. The van der Waals surface area contributed by atoms with E-state index in [0.29, 0.717) is 15.6 Å². The van der Waals surface area contributed by atoms with E-state index in [1.54, 1.807) is 24.4 Å². The molecule has 4 aromatic rings. The number of nitrogens with zero attached hydrogens (tertiary/aromatic N) is 2. The lowest BCUT2D eigenvalue weighted by atomic mass is 9.97. The minimum absolute atomic E-state index is 0.0196. The summed E-state index contributed by atoms with van der Waals surface area (Å²) in [6.45, 7) is 2.77. The van der Waals surface area contributed by atoms with Gasteiger partial charge in [-0.25, -0.2) is 13.8 Å². The Hall–Kier alpha value is -3.30. The Balaban J connectivity index is 1.61. The van der Waals surface area contributed by atoms with Gasteiger partial charge in [-0.15, -0.1) is 0 Å². The number of imidazole rings is 1. The molecule has 160 valence electrons. The highest BCUT2D eigenvalue weighted by Gasteiger charge is 2.25. The Bertz CT molecular complexity index is 1390. The predicted octanol–water partition coefficient (Wildman–Crippen LogP) is 6.34. The quantitative estimate of drug-likeness (QED) is 0.246. The van der Waals surface area contributed by atoms with Gasteiger partial charge >= 0.3 is 0 Å². The average molecular weight is 493 g/mol. The van der Waals surface area contributed by atoms with Crippen LogP contribution in [0.2, 0.25) is 0 Å². The van der Waals surface area contributed by atoms with Crippen molar-refractivity contribution in [2.45, 2.75) is 26.2 Å². The number of aromatic nitrogens is 2. The Kier molecular flexibility index (Phi) is 5.94. The van der Waals surface area contributed by atoms with Crippen molar-refractivity contribution in [1.29, 1.82) is 0 Å². The molecule has 0 radical (unpaired) electrons. The molecule has 0 atom stereocenters. The number of aryl methyl sites for hydroxylation is 1. The van der Waals surface area contributed by atoms with Crippen LogP contribution in [-0.2, 0) is 12.3 Å². The highest BCUT2D eigenvalue weighted by Crippen LogP contribution is 2.30. The summed E-state index contributed by atoms with van der Waals surface area (Å²) in [6, 6.07) is 15.5. The van der Waals surface area contributed by atoms with Gasteiger partial charge in [-0.3, -0.25) is 9.20 Å². The summed E-state index contributed by atoms with van der Waals surface area (Å²) in [7, 11) is 0. The maximum Gasteiger partial charge on any atom is 0.270 e. The molecule has 0 aliphatic rings. The predicted molar refractivity (Wildman–Crippen MR) is 124 cm³/mol. The number of pyridine rings is 1. The lowest BCUT2D eigenvalue weighted by Gasteiger charge is -2.13. The summed E-state index contributed by atoms with van der Waals surface area (Å²) in [5.41, 5.74) is 4.12. The van der Waals surface area contributed by atoms with Crippen LogP contribution in [0.25, 0.3) is 5.65 Å². The summed E-state index contributed by atoms with van der Waals surface area (Å²) in [4.78, 5) is 17.2. The maximum absolute atomic E-state index is 13.7. The van der Waals surface area contributed by atoms with Gasteiger partial charge in [0.2, 0.25) is 0 Å². The lowest BCUT2D eigenvalue weighted by Crippen LogP contribution is -2.09. The summed E-state index contributed by atoms with van der Waals surface area (Å²) >= 11 is 3.26. The van der Waals surface area contributed by atoms with Gasteiger partial charge in [0.25, 0.3) is 5.92 Å². The number of hydrogen-bond donors (Lipinski definition) is 0. The number of hydrogen-bond acceptors (Lipinski definition) is 2. The maximum atomic E-state index is 13.7. The Labute approximate surface area is 193 Å². The summed E-state index contributed by atoms with van der Waals surface area (Å²) in [5.74, 6) is 3.12. The van der Waals surface area contributed by atoms with Gasteiger partial charge in [0.05, 0.1) is 6.20 Å². The van der Waals surface area contributed by atoms with E-state index < -0.39 is 5.92 Å². The zero-order chi connectivity index (χ0) is 22.9. The molecule has 32 heavy (non-hydrogen) atoms. The van der Waals surface area contributed by atoms with Crippen LogP contribution in [0, 0.1) is 18.8 Å². The number of carbonyl (C=O) groups excluding carboxylic acids is 1. The van der Waals surface area contributed by atoms with Gasteiger partial charge in [0, 0.05) is 40.7 Å². The number of rotatable bonds is 4. The number of benzene rings is 2. The minimum atomic E-state index is -2.98. The fraction of sp³-hybridized carbons (Fsp3) is 0.154. The first-order valence-electron chi connectivity index (χ1n) is 9.96. The topological polar surface area (TPSA) is 34.4 Å². The molecule has 0 aliphatic carbocycles. The molecular formula is C26H19BrF2N2O. The van der Waals surface area contributed by atoms with E-state index in [0.717, 1.165) is 29.4 Å². The second-order valence-electron chi connectivity index (χ2n) is 7.69. The molecule has 0 amide bonds. The minimum Gasteiger partial charge on any atom is -0.294 e. The fourth-order valence-electron chi connectivity index (χ4n) is 3.38. The summed E-state index contributed by atoms with van der Waals surface area (Å²) in [5, 5.41) is 0. The molecule has 4 rings (SSSR count). The molecule has 0 aliphatic heterocycles. The smallest absolute Gasteiger partial charge is 0.270 e. The largest absolute Gasteiger partial charge is 0.294 e. The van der Waals surface area contributed by atoms with Crippen molar-refractivity contribution in [3.63, 3.8) is 0 Å². The number of fused-ring (bicyclic) bond motifs is 1. The van der Waals surface area contributed by atoms with Gasteiger partial charge in [-0.1, -0.05) is 40.0 Å². The van der Waals surface area contributed by atoms with Crippen molar-refractivity contribution in [2.24, 2.45) is 0 Å². The van der Waals surface area contributed by atoms with Gasteiger partial charge in [-0.2, -0.15) is 0 Å². The van der Waals surface area contributed by atoms with E-state index in [9.17, 15) is 13.6 Å². The first-order chi connectivity index (χ1) is 15.2. The number of halogens is 3. The highest BCUT2D eigenvalue weighted by atomic mass is 79.9. The molecule has 0 N–H and O–H groups in total. The Morgan fingerprint density at radius 2 is 1.94 bits per heavy atom. The normalized spacial score (nSPS) is 11.3. The second kappa shape index (κ2) is 8.68. The molecular weight excluding hydrogens is 474 g/mol. The zero-order valence-corrected chi connectivity index (χ0v) is 19.1. The molecule has 2 heterocycles. The van der Waals surface area contributed by atoms with Crippen molar-refractivity contribution < 1.29 is 13.6 Å². The molecule has 3 nitrogen and oxygen atoms in total. The highest BCUT2D eigenvalue weighted by molar-refractivity contribution is 9.10. The molecule has 6 heteroatoms. The second-order valence-corrected chi connectivity index (χ2v) is 8.60. The van der Waals surface area contributed by atoms with Gasteiger partial charge in [0.1, 0.15) is 11.3 Å². The number of Topliss-reactive ketones (excluding diaryl/α,β-unsaturated/α-hetero) is 1. The fourth-order valence-corrected chi connectivity index (χ4v) is 3.92. The third-order valence-corrected chi connectivity index (χ3v) is 5.59. The van der Waals surface area contributed by atoms with Crippen molar-refractivity contribution in [2.75, 3.05) is 0 Å². The van der Waals surface area contributed by atoms with E-state index in [4.69, 9.17) is 0 Å². The molecule has 0 saturated carbocycles. The van der Waals surface area contributed by atoms with Crippen LogP contribution < -0.4 is 0 Å². The van der Waals surface area contributed by atoms with E-state index >= 15 is 0 Å². The standard InChI is InChI=1S/C26H19BrF2N2O/c1-17-6-7-20(24(32)13-18-11-21(26(2,28)29)15-22(27)12-18)14-19(17)8-9-23-16-30-25-5-3-4-10-31(23)25/h3-7,10-12,14-16H,13H2,1-2H3. The van der Waals surface area contributed by atoms with Crippen LogP contribution in [0.5, 0.6) is 0 Å². The van der Waals surface area contributed by atoms with Crippen LogP contribution in [0.4, 0.5) is 8.78 Å². The number of alkyl halides is 2.